The number of carbonyl (C=O) groups is 1. The zero-order chi connectivity index (χ0) is 13.5. The molecule has 0 saturated carbocycles. The second kappa shape index (κ2) is 6.75. The summed E-state index contributed by atoms with van der Waals surface area (Å²) in [6.07, 6.45) is 3.56. The maximum atomic E-state index is 11.9. The Balaban J connectivity index is 2.49. The smallest absolute Gasteiger partial charge is 0.287 e. The first-order valence-corrected chi connectivity index (χ1v) is 5.75. The summed E-state index contributed by atoms with van der Waals surface area (Å²) in [7, 11) is 1.65. The fraction of sp³-hybridized carbons (Fsp3) is 0.545. The number of nitrogens with zero attached hydrogens (tertiary/aromatic N) is 2. The van der Waals surface area contributed by atoms with Gasteiger partial charge in [-0.25, -0.2) is 0 Å². The second-order valence-corrected chi connectivity index (χ2v) is 4.04. The summed E-state index contributed by atoms with van der Waals surface area (Å²) in [5.74, 6) is -0.271. The third-order valence-corrected chi connectivity index (χ3v) is 2.61. The Bertz CT molecular complexity index is 416. The van der Waals surface area contributed by atoms with E-state index in [1.165, 1.54) is 17.2 Å². The van der Waals surface area contributed by atoms with Crippen molar-refractivity contribution in [1.29, 1.82) is 0 Å². The van der Waals surface area contributed by atoms with Gasteiger partial charge in [0.05, 0.1) is 11.1 Å². The summed E-state index contributed by atoms with van der Waals surface area (Å²) < 4.78 is 0. The van der Waals surface area contributed by atoms with Crippen LogP contribution >= 0.6 is 0 Å². The molecule has 0 saturated heterocycles. The number of nitrogens with one attached hydrogen (secondary N) is 1. The molecular weight excluding hydrogens is 238 g/mol. The molecule has 7 nitrogen and oxygen atoms in total. The molecule has 1 rings (SSSR count). The molecule has 0 radical (unpaired) electrons. The summed E-state index contributed by atoms with van der Waals surface area (Å²) >= 11 is 0. The minimum absolute atomic E-state index is 0.118. The van der Waals surface area contributed by atoms with Gasteiger partial charge in [0.2, 0.25) is 0 Å². The molecule has 7 heteroatoms. The first-order valence-electron chi connectivity index (χ1n) is 5.75. The van der Waals surface area contributed by atoms with Crippen LogP contribution in [-0.2, 0) is 0 Å². The minimum Gasteiger partial charge on any atom is -0.396 e. The molecular formula is C11H17N3O4. The molecule has 2 N–H and O–H groups in total. The van der Waals surface area contributed by atoms with Gasteiger partial charge in [-0.2, -0.15) is 0 Å². The molecule has 0 aromatic carbocycles. The molecule has 1 heterocycles. The Morgan fingerprint density at radius 3 is 2.78 bits per heavy atom. The zero-order valence-electron chi connectivity index (χ0n) is 10.3. The van der Waals surface area contributed by atoms with E-state index in [1.807, 2.05) is 0 Å². The van der Waals surface area contributed by atoms with Gasteiger partial charge < -0.3 is 15.0 Å². The lowest BCUT2D eigenvalue weighted by molar-refractivity contribution is -0.384. The van der Waals surface area contributed by atoms with Crippen LogP contribution in [0.1, 0.15) is 29.8 Å². The summed E-state index contributed by atoms with van der Waals surface area (Å²) in [5, 5.41) is 19.1. The number of aromatic nitrogens is 1. The lowest BCUT2D eigenvalue weighted by Gasteiger charge is -2.15. The zero-order valence-corrected chi connectivity index (χ0v) is 10.3. The van der Waals surface area contributed by atoms with Gasteiger partial charge in [-0.05, 0) is 19.3 Å². The third kappa shape index (κ3) is 3.85. The highest BCUT2D eigenvalue weighted by Gasteiger charge is 2.17. The minimum atomic E-state index is -0.547. The van der Waals surface area contributed by atoms with Crippen molar-refractivity contribution in [1.82, 2.24) is 9.88 Å². The van der Waals surface area contributed by atoms with Crippen LogP contribution in [0, 0.1) is 10.1 Å². The van der Waals surface area contributed by atoms with E-state index in [-0.39, 0.29) is 23.9 Å². The first-order chi connectivity index (χ1) is 8.56. The predicted molar refractivity (Wildman–Crippen MR) is 65.3 cm³/mol. The molecule has 1 aromatic heterocycles. The Morgan fingerprint density at radius 2 is 2.22 bits per heavy atom. The molecule has 0 atom stereocenters. The van der Waals surface area contributed by atoms with E-state index in [4.69, 9.17) is 5.11 Å². The van der Waals surface area contributed by atoms with Crippen LogP contribution in [0.4, 0.5) is 5.69 Å². The SMILES string of the molecule is CN(CCCCCO)C(=O)c1cc([N+](=O)[O-])c[nH]1. The number of aromatic amines is 1. The van der Waals surface area contributed by atoms with Crippen LogP contribution in [0.2, 0.25) is 0 Å². The average Bonchev–Trinajstić information content (AvgIpc) is 2.83. The van der Waals surface area contributed by atoms with Crippen LogP contribution in [0.5, 0.6) is 0 Å². The molecule has 1 aromatic rings. The van der Waals surface area contributed by atoms with Crippen LogP contribution < -0.4 is 0 Å². The van der Waals surface area contributed by atoms with Crippen molar-refractivity contribution in [3.63, 3.8) is 0 Å². The largest absolute Gasteiger partial charge is 0.396 e. The summed E-state index contributed by atoms with van der Waals surface area (Å²) in [4.78, 5) is 25.9. The van der Waals surface area contributed by atoms with Crippen LogP contribution in [-0.4, -0.2) is 46.0 Å². The van der Waals surface area contributed by atoms with Crippen molar-refractivity contribution in [2.75, 3.05) is 20.2 Å². The quantitative estimate of drug-likeness (QED) is 0.433. The number of hydrogen-bond acceptors (Lipinski definition) is 4. The van der Waals surface area contributed by atoms with Gasteiger partial charge in [-0.3, -0.25) is 14.9 Å². The average molecular weight is 255 g/mol. The Kier molecular flexibility index (Phi) is 5.31. The van der Waals surface area contributed by atoms with Crippen LogP contribution in [0.15, 0.2) is 12.3 Å². The van der Waals surface area contributed by atoms with E-state index in [0.717, 1.165) is 19.3 Å². The number of aliphatic hydroxyl groups is 1. The van der Waals surface area contributed by atoms with Gasteiger partial charge in [-0.1, -0.05) is 0 Å². The van der Waals surface area contributed by atoms with Crippen molar-refractivity contribution < 1.29 is 14.8 Å². The molecule has 0 spiro atoms. The third-order valence-electron chi connectivity index (χ3n) is 2.61. The maximum Gasteiger partial charge on any atom is 0.287 e. The highest BCUT2D eigenvalue weighted by Crippen LogP contribution is 2.13. The lowest BCUT2D eigenvalue weighted by atomic mass is 10.2. The molecule has 1 amide bonds. The number of aliphatic hydroxyl groups excluding tert-OH is 1. The second-order valence-electron chi connectivity index (χ2n) is 4.04. The number of amides is 1. The van der Waals surface area contributed by atoms with Gasteiger partial charge in [0.15, 0.2) is 0 Å². The van der Waals surface area contributed by atoms with Gasteiger partial charge in [0, 0.05) is 26.3 Å². The number of unbranched alkanes of at least 4 members (excludes halogenated alkanes) is 2. The van der Waals surface area contributed by atoms with E-state index >= 15 is 0 Å². The molecule has 100 valence electrons. The van der Waals surface area contributed by atoms with E-state index < -0.39 is 4.92 Å². The van der Waals surface area contributed by atoms with Gasteiger partial charge in [0.1, 0.15) is 5.69 Å². The van der Waals surface area contributed by atoms with Gasteiger partial charge in [0.25, 0.3) is 11.6 Å². The van der Waals surface area contributed by atoms with Gasteiger partial charge in [-0.15, -0.1) is 0 Å². The molecule has 0 fully saturated rings. The molecule has 0 aliphatic heterocycles. The normalized spacial score (nSPS) is 10.3. The molecule has 0 aliphatic carbocycles. The lowest BCUT2D eigenvalue weighted by Crippen LogP contribution is -2.28. The highest BCUT2D eigenvalue weighted by atomic mass is 16.6. The molecule has 0 unspecified atom stereocenters. The standard InChI is InChI=1S/C11H17N3O4/c1-13(5-3-2-4-6-15)11(16)10-7-9(8-12-10)14(17)18/h7-8,12,15H,2-6H2,1H3. The number of H-pyrrole nitrogens is 1. The van der Waals surface area contributed by atoms with E-state index in [1.54, 1.807) is 7.05 Å². The highest BCUT2D eigenvalue weighted by molar-refractivity contribution is 5.92. The van der Waals surface area contributed by atoms with Crippen molar-refractivity contribution in [3.8, 4) is 0 Å². The van der Waals surface area contributed by atoms with Crippen LogP contribution in [0.25, 0.3) is 0 Å². The topological polar surface area (TPSA) is 99.5 Å². The number of carbonyl (C=O) groups excluding carboxylic acids is 1. The first kappa shape index (κ1) is 14.2. The Labute approximate surface area is 105 Å². The Morgan fingerprint density at radius 1 is 1.50 bits per heavy atom. The number of rotatable bonds is 7. The fourth-order valence-electron chi connectivity index (χ4n) is 1.56. The molecule has 18 heavy (non-hydrogen) atoms. The Hall–Kier alpha value is -1.89. The van der Waals surface area contributed by atoms with E-state index in [0.29, 0.717) is 6.54 Å². The van der Waals surface area contributed by atoms with Crippen molar-refractivity contribution in [2.24, 2.45) is 0 Å². The van der Waals surface area contributed by atoms with Crippen LogP contribution in [0.3, 0.4) is 0 Å². The summed E-state index contributed by atoms with van der Waals surface area (Å²) in [5.41, 5.74) is 0.0957. The van der Waals surface area contributed by atoms with Gasteiger partial charge >= 0.3 is 0 Å². The molecule has 0 aliphatic rings. The number of nitro groups is 1. The number of hydrogen-bond donors (Lipinski definition) is 2. The van der Waals surface area contributed by atoms with Crippen molar-refractivity contribution in [3.05, 3.63) is 28.1 Å². The monoisotopic (exact) mass is 255 g/mol. The van der Waals surface area contributed by atoms with E-state index in [9.17, 15) is 14.9 Å². The maximum absolute atomic E-state index is 11.9. The fourth-order valence-corrected chi connectivity index (χ4v) is 1.56. The predicted octanol–water partition coefficient (Wildman–Crippen LogP) is 1.16. The van der Waals surface area contributed by atoms with Crippen molar-refractivity contribution >= 4 is 11.6 Å². The summed E-state index contributed by atoms with van der Waals surface area (Å²) in [6, 6.07) is 1.23. The van der Waals surface area contributed by atoms with E-state index in [2.05, 4.69) is 4.98 Å². The van der Waals surface area contributed by atoms with Crippen molar-refractivity contribution in [2.45, 2.75) is 19.3 Å². The molecule has 0 bridgehead atoms. The summed E-state index contributed by atoms with van der Waals surface area (Å²) in [6.45, 7) is 0.714.